The van der Waals surface area contributed by atoms with E-state index >= 15 is 0 Å². The molecule has 0 bridgehead atoms. The van der Waals surface area contributed by atoms with Gasteiger partial charge in [0, 0.05) is 16.9 Å². The van der Waals surface area contributed by atoms with Crippen molar-refractivity contribution in [2.75, 3.05) is 5.73 Å². The molecular formula is C11H10BrN3O. The van der Waals surface area contributed by atoms with E-state index in [1.165, 1.54) is 10.8 Å². The number of aryl methyl sites for hydroxylation is 1. The van der Waals surface area contributed by atoms with Crippen LogP contribution in [0.2, 0.25) is 0 Å². The van der Waals surface area contributed by atoms with Gasteiger partial charge in [0.25, 0.3) is 5.56 Å². The van der Waals surface area contributed by atoms with E-state index in [-0.39, 0.29) is 11.4 Å². The van der Waals surface area contributed by atoms with Gasteiger partial charge in [-0.1, -0.05) is 6.07 Å². The van der Waals surface area contributed by atoms with Crippen molar-refractivity contribution in [2.24, 2.45) is 0 Å². The molecule has 0 aliphatic carbocycles. The smallest absolute Gasteiger partial charge is 0.297 e. The average Bonchev–Trinajstić information content (AvgIpc) is 2.23. The predicted octanol–water partition coefficient (Wildman–Crippen LogP) is 1.89. The van der Waals surface area contributed by atoms with Crippen LogP contribution in [-0.4, -0.2) is 9.55 Å². The van der Waals surface area contributed by atoms with E-state index in [1.54, 1.807) is 6.20 Å². The van der Waals surface area contributed by atoms with Crippen molar-refractivity contribution in [3.63, 3.8) is 0 Å². The number of nitrogens with zero attached hydrogens (tertiary/aromatic N) is 2. The minimum atomic E-state index is -0.313. The Hall–Kier alpha value is -1.62. The van der Waals surface area contributed by atoms with Gasteiger partial charge in [-0.25, -0.2) is 4.98 Å². The van der Waals surface area contributed by atoms with Crippen molar-refractivity contribution >= 4 is 21.7 Å². The Kier molecular flexibility index (Phi) is 2.78. The number of benzene rings is 1. The van der Waals surface area contributed by atoms with Crippen LogP contribution >= 0.6 is 15.9 Å². The molecule has 0 fully saturated rings. The van der Waals surface area contributed by atoms with E-state index in [4.69, 9.17) is 5.73 Å². The maximum Gasteiger partial charge on any atom is 0.297 e. The predicted molar refractivity (Wildman–Crippen MR) is 66.7 cm³/mol. The summed E-state index contributed by atoms with van der Waals surface area (Å²) in [4.78, 5) is 15.5. The van der Waals surface area contributed by atoms with Crippen LogP contribution < -0.4 is 11.3 Å². The summed E-state index contributed by atoms with van der Waals surface area (Å²) < 4.78 is 2.31. The summed E-state index contributed by atoms with van der Waals surface area (Å²) in [6, 6.07) is 5.74. The van der Waals surface area contributed by atoms with Gasteiger partial charge in [0.05, 0.1) is 5.69 Å². The lowest BCUT2D eigenvalue weighted by molar-refractivity contribution is 0.958. The number of nitrogen functional groups attached to an aromatic ring is 1. The van der Waals surface area contributed by atoms with Gasteiger partial charge in [-0.3, -0.25) is 9.36 Å². The number of hydrogen-bond acceptors (Lipinski definition) is 3. The molecule has 82 valence electrons. The van der Waals surface area contributed by atoms with Crippen molar-refractivity contribution in [1.82, 2.24) is 9.55 Å². The summed E-state index contributed by atoms with van der Waals surface area (Å²) in [5.41, 5.74) is 7.04. The van der Waals surface area contributed by atoms with Crippen LogP contribution in [0.4, 0.5) is 5.82 Å². The van der Waals surface area contributed by atoms with Crippen LogP contribution in [0.25, 0.3) is 5.69 Å². The van der Waals surface area contributed by atoms with Gasteiger partial charge in [0.2, 0.25) is 0 Å². The molecule has 0 aliphatic rings. The van der Waals surface area contributed by atoms with Crippen molar-refractivity contribution in [2.45, 2.75) is 6.92 Å². The highest BCUT2D eigenvalue weighted by Crippen LogP contribution is 2.20. The highest BCUT2D eigenvalue weighted by molar-refractivity contribution is 9.10. The lowest BCUT2D eigenvalue weighted by Gasteiger charge is -2.08. The molecule has 0 unspecified atom stereocenters. The third kappa shape index (κ3) is 1.86. The Morgan fingerprint density at radius 1 is 1.44 bits per heavy atom. The molecule has 16 heavy (non-hydrogen) atoms. The van der Waals surface area contributed by atoms with Crippen LogP contribution in [0.5, 0.6) is 0 Å². The fraction of sp³-hybridized carbons (Fsp3) is 0.0909. The maximum absolute atomic E-state index is 11.8. The Morgan fingerprint density at radius 3 is 2.88 bits per heavy atom. The molecule has 0 spiro atoms. The second-order valence-electron chi connectivity index (χ2n) is 3.44. The molecule has 1 aromatic heterocycles. The molecule has 0 amide bonds. The van der Waals surface area contributed by atoms with E-state index in [9.17, 15) is 4.79 Å². The van der Waals surface area contributed by atoms with Gasteiger partial charge >= 0.3 is 0 Å². The third-order valence-electron chi connectivity index (χ3n) is 2.23. The van der Waals surface area contributed by atoms with Crippen molar-refractivity contribution in [3.05, 3.63) is 51.0 Å². The molecule has 1 heterocycles. The van der Waals surface area contributed by atoms with Crippen LogP contribution in [0.1, 0.15) is 5.56 Å². The zero-order chi connectivity index (χ0) is 11.7. The summed E-state index contributed by atoms with van der Waals surface area (Å²) >= 11 is 3.42. The largest absolute Gasteiger partial charge is 0.379 e. The minimum Gasteiger partial charge on any atom is -0.379 e. The molecule has 5 heteroatoms. The van der Waals surface area contributed by atoms with E-state index in [1.807, 2.05) is 25.1 Å². The number of hydrogen-bond donors (Lipinski definition) is 1. The third-order valence-corrected chi connectivity index (χ3v) is 2.87. The highest BCUT2D eigenvalue weighted by Gasteiger charge is 2.06. The van der Waals surface area contributed by atoms with E-state index in [0.29, 0.717) is 0 Å². The monoisotopic (exact) mass is 279 g/mol. The summed E-state index contributed by atoms with van der Waals surface area (Å²) in [5, 5.41) is 0. The summed E-state index contributed by atoms with van der Waals surface area (Å²) in [6.45, 7) is 1.98. The number of nitrogens with two attached hydrogens (primary N) is 1. The standard InChI is InChI=1S/C11H10BrN3O/c1-7-2-3-9(8(12)6-7)15-5-4-14-10(13)11(15)16/h2-6H,1H3,(H2,13,14). The van der Waals surface area contributed by atoms with Crippen LogP contribution in [0, 0.1) is 6.92 Å². The zero-order valence-electron chi connectivity index (χ0n) is 8.64. The van der Waals surface area contributed by atoms with Crippen molar-refractivity contribution in [3.8, 4) is 5.69 Å². The molecule has 2 N–H and O–H groups in total. The van der Waals surface area contributed by atoms with E-state index in [2.05, 4.69) is 20.9 Å². The van der Waals surface area contributed by atoms with Gasteiger partial charge in [-0.15, -0.1) is 0 Å². The number of halogens is 1. The highest BCUT2D eigenvalue weighted by atomic mass is 79.9. The normalized spacial score (nSPS) is 10.4. The Balaban J connectivity index is 2.68. The molecule has 2 rings (SSSR count). The fourth-order valence-corrected chi connectivity index (χ4v) is 2.11. The van der Waals surface area contributed by atoms with Crippen molar-refractivity contribution < 1.29 is 0 Å². The topological polar surface area (TPSA) is 60.9 Å². The Morgan fingerprint density at radius 2 is 2.19 bits per heavy atom. The fourth-order valence-electron chi connectivity index (χ4n) is 1.42. The first-order chi connectivity index (χ1) is 7.59. The second kappa shape index (κ2) is 4.09. The lowest BCUT2D eigenvalue weighted by atomic mass is 10.2. The minimum absolute atomic E-state index is 0.00465. The van der Waals surface area contributed by atoms with E-state index in [0.717, 1.165) is 15.7 Å². The van der Waals surface area contributed by atoms with Crippen LogP contribution in [0.15, 0.2) is 39.9 Å². The molecule has 0 atom stereocenters. The maximum atomic E-state index is 11.8. The van der Waals surface area contributed by atoms with Gasteiger partial charge in [0.1, 0.15) is 0 Å². The molecule has 2 aromatic rings. The zero-order valence-corrected chi connectivity index (χ0v) is 10.2. The lowest BCUT2D eigenvalue weighted by Crippen LogP contribution is -2.22. The van der Waals surface area contributed by atoms with Gasteiger partial charge in [-0.05, 0) is 40.5 Å². The number of aromatic nitrogens is 2. The van der Waals surface area contributed by atoms with E-state index < -0.39 is 0 Å². The van der Waals surface area contributed by atoms with Crippen LogP contribution in [0.3, 0.4) is 0 Å². The molecule has 4 nitrogen and oxygen atoms in total. The number of anilines is 1. The van der Waals surface area contributed by atoms with Gasteiger partial charge < -0.3 is 5.73 Å². The summed E-state index contributed by atoms with van der Waals surface area (Å²) in [7, 11) is 0. The first kappa shape index (κ1) is 10.9. The molecule has 1 aromatic carbocycles. The number of rotatable bonds is 1. The summed E-state index contributed by atoms with van der Waals surface area (Å²) in [5.74, 6) is -0.00465. The molecule has 0 aliphatic heterocycles. The summed E-state index contributed by atoms with van der Waals surface area (Å²) in [6.07, 6.45) is 3.09. The van der Waals surface area contributed by atoms with Crippen LogP contribution in [-0.2, 0) is 0 Å². The second-order valence-corrected chi connectivity index (χ2v) is 4.30. The Bertz CT molecular complexity index is 592. The van der Waals surface area contributed by atoms with Gasteiger partial charge in [-0.2, -0.15) is 0 Å². The van der Waals surface area contributed by atoms with Gasteiger partial charge in [0.15, 0.2) is 5.82 Å². The first-order valence-electron chi connectivity index (χ1n) is 4.69. The quantitative estimate of drug-likeness (QED) is 0.867. The first-order valence-corrected chi connectivity index (χ1v) is 5.48. The average molecular weight is 280 g/mol. The molecule has 0 saturated carbocycles. The van der Waals surface area contributed by atoms with Crippen molar-refractivity contribution in [1.29, 1.82) is 0 Å². The molecule has 0 radical (unpaired) electrons. The molecular weight excluding hydrogens is 270 g/mol. The SMILES string of the molecule is Cc1ccc(-n2ccnc(N)c2=O)c(Br)c1. The Labute approximate surface area is 101 Å². The molecule has 0 saturated heterocycles.